The van der Waals surface area contributed by atoms with Crippen molar-refractivity contribution in [3.8, 4) is 0 Å². The molecule has 1 saturated heterocycles. The first-order valence-electron chi connectivity index (χ1n) is 5.61. The number of likely N-dealkylation sites (N-methyl/N-ethyl adjacent to an activating group) is 1. The van der Waals surface area contributed by atoms with E-state index < -0.39 is 0 Å². The summed E-state index contributed by atoms with van der Waals surface area (Å²) in [5.74, 6) is 0. The van der Waals surface area contributed by atoms with Crippen LogP contribution in [0.5, 0.6) is 0 Å². The molecule has 16 heavy (non-hydrogen) atoms. The molecule has 0 N–H and O–H groups in total. The minimum absolute atomic E-state index is 0.404. The Morgan fingerprint density at radius 2 is 2.12 bits per heavy atom. The molecule has 0 spiro atoms. The number of aromatic nitrogens is 1. The van der Waals surface area contributed by atoms with Gasteiger partial charge in [0, 0.05) is 50.2 Å². The maximum atomic E-state index is 10.4. The molecule has 0 aromatic carbocycles. The maximum Gasteiger partial charge on any atom is 0.125 e. The summed E-state index contributed by atoms with van der Waals surface area (Å²) in [6.07, 6.45) is 3.09. The summed E-state index contributed by atoms with van der Waals surface area (Å²) < 4.78 is 0. The van der Waals surface area contributed by atoms with Crippen LogP contribution in [0, 0.1) is 0 Å². The molecule has 0 bridgehead atoms. The summed E-state index contributed by atoms with van der Waals surface area (Å²) in [5.41, 5.74) is 2.03. The van der Waals surface area contributed by atoms with Crippen molar-refractivity contribution in [3.63, 3.8) is 0 Å². The lowest BCUT2D eigenvalue weighted by molar-refractivity contribution is -0.107. The fourth-order valence-electron chi connectivity index (χ4n) is 1.92. The van der Waals surface area contributed by atoms with Crippen LogP contribution in [0.15, 0.2) is 18.3 Å². The summed E-state index contributed by atoms with van der Waals surface area (Å²) in [5, 5.41) is 0. The van der Waals surface area contributed by atoms with Gasteiger partial charge in [0.1, 0.15) is 6.29 Å². The molecule has 0 unspecified atom stereocenters. The molecular weight excluding hydrogens is 202 g/mol. The Bertz CT molecular complexity index is 359. The first-order chi connectivity index (χ1) is 7.79. The summed E-state index contributed by atoms with van der Waals surface area (Å²) in [7, 11) is 2.14. The van der Waals surface area contributed by atoms with Gasteiger partial charge in [-0.25, -0.2) is 0 Å². The molecule has 0 radical (unpaired) electrons. The number of carbonyl (C=O) groups excluding carboxylic acids is 1. The molecule has 86 valence electrons. The standard InChI is InChI=1S/C12H17N3O/c1-14-5-7-15(8-6-14)12-2-4-13-11(10-12)3-9-16/h2,4,9-10H,3,5-8H2,1H3. The second-order valence-corrected chi connectivity index (χ2v) is 4.17. The predicted octanol–water partition coefficient (Wildman–Crippen LogP) is 0.575. The van der Waals surface area contributed by atoms with Crippen molar-refractivity contribution >= 4 is 12.0 Å². The lowest BCUT2D eigenvalue weighted by Gasteiger charge is -2.34. The van der Waals surface area contributed by atoms with E-state index in [1.807, 2.05) is 12.1 Å². The summed E-state index contributed by atoms with van der Waals surface area (Å²) in [6, 6.07) is 4.03. The Balaban J connectivity index is 2.08. The highest BCUT2D eigenvalue weighted by molar-refractivity contribution is 5.56. The molecule has 2 rings (SSSR count). The predicted molar refractivity (Wildman–Crippen MR) is 63.7 cm³/mol. The molecule has 2 heterocycles. The van der Waals surface area contributed by atoms with Crippen LogP contribution >= 0.6 is 0 Å². The zero-order chi connectivity index (χ0) is 11.4. The number of rotatable bonds is 3. The molecule has 1 fully saturated rings. The lowest BCUT2D eigenvalue weighted by atomic mass is 10.2. The van der Waals surface area contributed by atoms with Crippen LogP contribution in [-0.4, -0.2) is 49.4 Å². The molecule has 1 aromatic heterocycles. The van der Waals surface area contributed by atoms with Gasteiger partial charge < -0.3 is 14.6 Å². The fraction of sp³-hybridized carbons (Fsp3) is 0.500. The van der Waals surface area contributed by atoms with Gasteiger partial charge in [-0.2, -0.15) is 0 Å². The number of hydrogen-bond acceptors (Lipinski definition) is 4. The van der Waals surface area contributed by atoms with Gasteiger partial charge in [0.15, 0.2) is 0 Å². The largest absolute Gasteiger partial charge is 0.369 e. The molecule has 1 aromatic rings. The van der Waals surface area contributed by atoms with Gasteiger partial charge in [0.05, 0.1) is 0 Å². The minimum atomic E-state index is 0.404. The number of pyridine rings is 1. The van der Waals surface area contributed by atoms with E-state index in [1.165, 1.54) is 5.69 Å². The number of aldehydes is 1. The van der Waals surface area contributed by atoms with Gasteiger partial charge in [0.2, 0.25) is 0 Å². The van der Waals surface area contributed by atoms with E-state index >= 15 is 0 Å². The smallest absolute Gasteiger partial charge is 0.125 e. The van der Waals surface area contributed by atoms with Crippen LogP contribution in [0.1, 0.15) is 5.69 Å². The molecule has 0 saturated carbocycles. The van der Waals surface area contributed by atoms with Crippen LogP contribution in [-0.2, 0) is 11.2 Å². The minimum Gasteiger partial charge on any atom is -0.369 e. The van der Waals surface area contributed by atoms with Crippen molar-refractivity contribution in [2.24, 2.45) is 0 Å². The van der Waals surface area contributed by atoms with Crippen molar-refractivity contribution in [1.82, 2.24) is 9.88 Å². The fourth-order valence-corrected chi connectivity index (χ4v) is 1.92. The molecule has 0 aliphatic carbocycles. The van der Waals surface area contributed by atoms with E-state index in [2.05, 4.69) is 21.8 Å². The highest BCUT2D eigenvalue weighted by Gasteiger charge is 2.14. The lowest BCUT2D eigenvalue weighted by Crippen LogP contribution is -2.44. The normalized spacial score (nSPS) is 17.4. The average Bonchev–Trinajstić information content (AvgIpc) is 2.31. The molecule has 1 aliphatic rings. The van der Waals surface area contributed by atoms with Crippen LogP contribution < -0.4 is 4.90 Å². The second-order valence-electron chi connectivity index (χ2n) is 4.17. The molecule has 0 amide bonds. The van der Waals surface area contributed by atoms with Gasteiger partial charge in [-0.05, 0) is 19.2 Å². The van der Waals surface area contributed by atoms with E-state index in [0.29, 0.717) is 6.42 Å². The van der Waals surface area contributed by atoms with E-state index in [9.17, 15) is 4.79 Å². The molecule has 1 aliphatic heterocycles. The van der Waals surface area contributed by atoms with Crippen LogP contribution in [0.2, 0.25) is 0 Å². The van der Waals surface area contributed by atoms with Gasteiger partial charge in [-0.1, -0.05) is 0 Å². The number of piperazine rings is 1. The van der Waals surface area contributed by atoms with Crippen molar-refractivity contribution in [1.29, 1.82) is 0 Å². The number of hydrogen-bond donors (Lipinski definition) is 0. The topological polar surface area (TPSA) is 36.4 Å². The summed E-state index contributed by atoms with van der Waals surface area (Å²) >= 11 is 0. The number of anilines is 1. The van der Waals surface area contributed by atoms with Crippen LogP contribution in [0.3, 0.4) is 0 Å². The Hall–Kier alpha value is -1.42. The highest BCUT2D eigenvalue weighted by atomic mass is 16.1. The summed E-state index contributed by atoms with van der Waals surface area (Å²) in [4.78, 5) is 19.3. The third kappa shape index (κ3) is 2.58. The third-order valence-electron chi connectivity index (χ3n) is 2.96. The van der Waals surface area contributed by atoms with E-state index in [0.717, 1.165) is 38.2 Å². The van der Waals surface area contributed by atoms with Crippen molar-refractivity contribution < 1.29 is 4.79 Å². The first-order valence-corrected chi connectivity index (χ1v) is 5.61. The average molecular weight is 219 g/mol. The van der Waals surface area contributed by atoms with E-state index in [4.69, 9.17) is 0 Å². The van der Waals surface area contributed by atoms with Gasteiger partial charge >= 0.3 is 0 Å². The Kier molecular flexibility index (Phi) is 3.51. The van der Waals surface area contributed by atoms with Crippen molar-refractivity contribution in [2.75, 3.05) is 38.1 Å². The Morgan fingerprint density at radius 1 is 1.38 bits per heavy atom. The zero-order valence-electron chi connectivity index (χ0n) is 9.59. The SMILES string of the molecule is CN1CCN(c2ccnc(CC=O)c2)CC1. The number of nitrogens with zero attached hydrogens (tertiary/aromatic N) is 3. The molecule has 0 atom stereocenters. The second kappa shape index (κ2) is 5.07. The van der Waals surface area contributed by atoms with Crippen molar-refractivity contribution in [3.05, 3.63) is 24.0 Å². The zero-order valence-corrected chi connectivity index (χ0v) is 9.59. The number of carbonyl (C=O) groups is 1. The van der Waals surface area contributed by atoms with Gasteiger partial charge in [-0.15, -0.1) is 0 Å². The van der Waals surface area contributed by atoms with Crippen molar-refractivity contribution in [2.45, 2.75) is 6.42 Å². The quantitative estimate of drug-likeness (QED) is 0.697. The summed E-state index contributed by atoms with van der Waals surface area (Å²) in [6.45, 7) is 4.26. The Labute approximate surface area is 95.9 Å². The maximum absolute atomic E-state index is 10.4. The molecular formula is C12H17N3O. The van der Waals surface area contributed by atoms with Crippen LogP contribution in [0.4, 0.5) is 5.69 Å². The highest BCUT2D eigenvalue weighted by Crippen LogP contribution is 2.16. The van der Waals surface area contributed by atoms with E-state index in [-0.39, 0.29) is 0 Å². The van der Waals surface area contributed by atoms with Crippen LogP contribution in [0.25, 0.3) is 0 Å². The Morgan fingerprint density at radius 3 is 2.81 bits per heavy atom. The third-order valence-corrected chi connectivity index (χ3v) is 2.96. The molecule has 4 nitrogen and oxygen atoms in total. The van der Waals surface area contributed by atoms with E-state index in [1.54, 1.807) is 6.20 Å². The molecule has 4 heteroatoms. The first kappa shape index (κ1) is 11.1. The monoisotopic (exact) mass is 219 g/mol. The van der Waals surface area contributed by atoms with Gasteiger partial charge in [0.25, 0.3) is 0 Å². The van der Waals surface area contributed by atoms with Gasteiger partial charge in [-0.3, -0.25) is 4.98 Å².